The van der Waals surface area contributed by atoms with Crippen LogP contribution >= 0.6 is 0 Å². The molecule has 0 N–H and O–H groups in total. The van der Waals surface area contributed by atoms with E-state index in [1.54, 1.807) is 39.8 Å². The molecule has 0 radical (unpaired) electrons. The van der Waals surface area contributed by atoms with Gasteiger partial charge >= 0.3 is 30.3 Å². The van der Waals surface area contributed by atoms with Gasteiger partial charge < -0.3 is 28.4 Å². The number of carbonyl (C=O) groups is 3. The molecule has 0 aliphatic heterocycles. The number of para-hydroxylation sites is 1. The Bertz CT molecular complexity index is 1610. The van der Waals surface area contributed by atoms with E-state index in [-0.39, 0.29) is 63.5 Å². The molecule has 3 aromatic rings. The maximum Gasteiger partial charge on any atom is 0.411 e. The minimum absolute atomic E-state index is 0.0194. The molecule has 0 spiro atoms. The molecule has 0 bridgehead atoms. The van der Waals surface area contributed by atoms with Crippen molar-refractivity contribution in [2.24, 2.45) is 17.8 Å². The molecule has 0 fully saturated rings. The number of benzene rings is 3. The number of carbonyl (C=O) groups excluding carboxylic acids is 3. The quantitative estimate of drug-likeness (QED) is 0.0454. The van der Waals surface area contributed by atoms with Crippen molar-refractivity contribution in [2.45, 2.75) is 64.7 Å². The minimum atomic E-state index is -5.81. The van der Waals surface area contributed by atoms with Crippen LogP contribution in [0.15, 0.2) is 78.9 Å². The number of halogens is 6. The van der Waals surface area contributed by atoms with E-state index in [1.165, 1.54) is 0 Å². The van der Waals surface area contributed by atoms with Crippen LogP contribution < -0.4 is 14.2 Å². The number of hydrogen-bond acceptors (Lipinski definition) is 9. The molecule has 3 aromatic carbocycles. The summed E-state index contributed by atoms with van der Waals surface area (Å²) in [7, 11) is 0. The molecule has 0 amide bonds. The Balaban J connectivity index is 1.56. The fraction of sp³-hybridized carbons (Fsp3) is 0.475. The highest BCUT2D eigenvalue weighted by Crippen LogP contribution is 2.56. The van der Waals surface area contributed by atoms with Gasteiger partial charge in [-0.1, -0.05) is 70.2 Å². The van der Waals surface area contributed by atoms with Crippen molar-refractivity contribution in [3.63, 3.8) is 0 Å². The highest BCUT2D eigenvalue weighted by atomic mass is 19.4. The van der Waals surface area contributed by atoms with Gasteiger partial charge in [-0.3, -0.25) is 14.4 Å². The molecule has 3 atom stereocenters. The first-order valence-corrected chi connectivity index (χ1v) is 17.8. The SMILES string of the molecule is CCC(C)C(=O)OCCOc1ccc(C(c2ccc(OCCOC(=O)C(CC)CC(C)C(=O)OCCOc3ccccc3)cc2)(C(F)(F)F)C(F)(F)F)cc1. The molecule has 3 rings (SSSR count). The number of alkyl halides is 6. The summed E-state index contributed by atoms with van der Waals surface area (Å²) in [5.74, 6) is -2.60. The van der Waals surface area contributed by atoms with E-state index in [9.17, 15) is 40.7 Å². The summed E-state index contributed by atoms with van der Waals surface area (Å²) in [5.41, 5.74) is -6.58. The first-order chi connectivity index (χ1) is 26.0. The Kier molecular flexibility index (Phi) is 16.7. The smallest absolute Gasteiger partial charge is 0.411 e. The second-order valence-corrected chi connectivity index (χ2v) is 12.7. The highest BCUT2D eigenvalue weighted by molar-refractivity contribution is 5.75. The van der Waals surface area contributed by atoms with Crippen molar-refractivity contribution < 1.29 is 69.1 Å². The van der Waals surface area contributed by atoms with Gasteiger partial charge in [0, 0.05) is 0 Å². The molecule has 0 saturated heterocycles. The summed E-state index contributed by atoms with van der Waals surface area (Å²) < 4.78 is 120. The first kappa shape index (κ1) is 44.4. The highest BCUT2D eigenvalue weighted by Gasteiger charge is 2.72. The van der Waals surface area contributed by atoms with Crippen molar-refractivity contribution in [1.82, 2.24) is 0 Å². The molecule has 0 saturated carbocycles. The Morgan fingerprint density at radius 1 is 0.509 bits per heavy atom. The first-order valence-electron chi connectivity index (χ1n) is 17.8. The van der Waals surface area contributed by atoms with E-state index >= 15 is 0 Å². The van der Waals surface area contributed by atoms with Crippen molar-refractivity contribution in [2.75, 3.05) is 39.6 Å². The minimum Gasteiger partial charge on any atom is -0.490 e. The van der Waals surface area contributed by atoms with E-state index in [1.807, 2.05) is 18.2 Å². The van der Waals surface area contributed by atoms with Crippen LogP contribution in [0.3, 0.4) is 0 Å². The number of esters is 3. The van der Waals surface area contributed by atoms with Crippen LogP contribution in [0.2, 0.25) is 0 Å². The van der Waals surface area contributed by atoms with Gasteiger partial charge in [0.05, 0.1) is 17.8 Å². The van der Waals surface area contributed by atoms with Gasteiger partial charge in [0.1, 0.15) is 56.9 Å². The molecule has 302 valence electrons. The lowest BCUT2D eigenvalue weighted by atomic mass is 9.73. The lowest BCUT2D eigenvalue weighted by Crippen LogP contribution is -2.54. The van der Waals surface area contributed by atoms with E-state index in [0.717, 1.165) is 24.3 Å². The van der Waals surface area contributed by atoms with Crippen LogP contribution in [0.4, 0.5) is 26.3 Å². The number of hydrogen-bond donors (Lipinski definition) is 0. The fourth-order valence-electron chi connectivity index (χ4n) is 5.53. The van der Waals surface area contributed by atoms with Crippen LogP contribution in [-0.2, 0) is 34.0 Å². The summed E-state index contributed by atoms with van der Waals surface area (Å²) in [4.78, 5) is 36.9. The summed E-state index contributed by atoms with van der Waals surface area (Å²) in [6.07, 6.45) is -10.5. The molecular weight excluding hydrogens is 738 g/mol. The van der Waals surface area contributed by atoms with Gasteiger partial charge in [0.25, 0.3) is 0 Å². The third-order valence-electron chi connectivity index (χ3n) is 8.84. The summed E-state index contributed by atoms with van der Waals surface area (Å²) in [5, 5.41) is 0. The lowest BCUT2D eigenvalue weighted by Gasteiger charge is -2.38. The van der Waals surface area contributed by atoms with Crippen LogP contribution in [0.1, 0.15) is 58.1 Å². The zero-order valence-corrected chi connectivity index (χ0v) is 31.0. The molecule has 0 aliphatic rings. The molecule has 9 nitrogen and oxygen atoms in total. The second kappa shape index (κ2) is 20.7. The standard InChI is InChI=1S/C40H46F6O9/c1-5-27(3)35(47)53-23-21-51-33-16-12-30(13-17-33)38(39(41,42)43,40(44,45)46)31-14-18-34(19-15-31)52-22-25-55-37(49)29(6-2)26-28(4)36(48)54-24-20-50-32-10-8-7-9-11-32/h7-19,27-29H,5-6,20-26H2,1-4H3. The largest absolute Gasteiger partial charge is 0.490 e. The van der Waals surface area contributed by atoms with E-state index in [4.69, 9.17) is 28.4 Å². The molecule has 3 unspecified atom stereocenters. The fourth-order valence-corrected chi connectivity index (χ4v) is 5.53. The van der Waals surface area contributed by atoms with Crippen molar-refractivity contribution >= 4 is 17.9 Å². The predicted molar refractivity (Wildman–Crippen MR) is 189 cm³/mol. The average Bonchev–Trinajstić information content (AvgIpc) is 3.15. The van der Waals surface area contributed by atoms with Crippen molar-refractivity contribution in [3.05, 3.63) is 90.0 Å². The molecular formula is C40H46F6O9. The summed E-state index contributed by atoms with van der Waals surface area (Å²) >= 11 is 0. The summed E-state index contributed by atoms with van der Waals surface area (Å²) in [6, 6.07) is 15.6. The van der Waals surface area contributed by atoms with Gasteiger partial charge in [-0.05, 0) is 66.8 Å². The number of ether oxygens (including phenoxy) is 6. The number of rotatable bonds is 21. The monoisotopic (exact) mass is 784 g/mol. The van der Waals surface area contributed by atoms with Gasteiger partial charge in [-0.25, -0.2) is 0 Å². The predicted octanol–water partition coefficient (Wildman–Crippen LogP) is 8.66. The molecule has 55 heavy (non-hydrogen) atoms. The third kappa shape index (κ3) is 12.3. The average molecular weight is 785 g/mol. The van der Waals surface area contributed by atoms with Crippen LogP contribution in [-0.4, -0.2) is 69.9 Å². The molecule has 0 aliphatic carbocycles. The molecule has 0 heterocycles. The maximum absolute atomic E-state index is 14.6. The van der Waals surface area contributed by atoms with Crippen LogP contribution in [0.25, 0.3) is 0 Å². The normalized spacial score (nSPS) is 13.6. The van der Waals surface area contributed by atoms with Gasteiger partial charge in [0.2, 0.25) is 5.41 Å². The zero-order chi connectivity index (χ0) is 40.6. The Labute approximate surface area is 316 Å². The summed E-state index contributed by atoms with van der Waals surface area (Å²) in [6.45, 7) is 6.20. The van der Waals surface area contributed by atoms with E-state index < -0.39 is 58.6 Å². The van der Waals surface area contributed by atoms with Crippen LogP contribution in [0.5, 0.6) is 17.2 Å². The lowest BCUT2D eigenvalue weighted by molar-refractivity contribution is -0.288. The maximum atomic E-state index is 14.6. The van der Waals surface area contributed by atoms with Gasteiger partial charge in [-0.2, -0.15) is 26.3 Å². The van der Waals surface area contributed by atoms with Gasteiger partial charge in [-0.15, -0.1) is 0 Å². The molecule has 0 aromatic heterocycles. The third-order valence-corrected chi connectivity index (χ3v) is 8.84. The van der Waals surface area contributed by atoms with Gasteiger partial charge in [0.15, 0.2) is 0 Å². The second-order valence-electron chi connectivity index (χ2n) is 12.7. The van der Waals surface area contributed by atoms with Crippen LogP contribution in [0, 0.1) is 17.8 Å². The Hall–Kier alpha value is -4.95. The van der Waals surface area contributed by atoms with E-state index in [2.05, 4.69) is 0 Å². The Morgan fingerprint density at radius 3 is 1.27 bits per heavy atom. The topological polar surface area (TPSA) is 107 Å². The molecule has 15 heteroatoms. The van der Waals surface area contributed by atoms with Crippen molar-refractivity contribution in [1.29, 1.82) is 0 Å². The van der Waals surface area contributed by atoms with Crippen molar-refractivity contribution in [3.8, 4) is 17.2 Å². The Morgan fingerprint density at radius 2 is 0.891 bits per heavy atom. The zero-order valence-electron chi connectivity index (χ0n) is 31.0. The van der Waals surface area contributed by atoms with E-state index in [0.29, 0.717) is 42.9 Å².